The maximum Gasteiger partial charge on any atom is 0.351 e. The van der Waals surface area contributed by atoms with Gasteiger partial charge in [0, 0.05) is 33.9 Å². The molecule has 0 saturated carbocycles. The van der Waals surface area contributed by atoms with E-state index in [0.717, 1.165) is 24.1 Å². The molecule has 0 fully saturated rings. The van der Waals surface area contributed by atoms with Gasteiger partial charge in [0.2, 0.25) is 0 Å². The van der Waals surface area contributed by atoms with Crippen LogP contribution in [-0.4, -0.2) is 22.6 Å². The average molecular weight is 419 g/mol. The number of aliphatic hydroxyl groups is 1. The van der Waals surface area contributed by atoms with Gasteiger partial charge in [-0.15, -0.1) is 11.3 Å². The molecule has 0 aromatic carbocycles. The van der Waals surface area contributed by atoms with Crippen molar-refractivity contribution < 1.29 is 19.4 Å². The van der Waals surface area contributed by atoms with Gasteiger partial charge in [-0.1, -0.05) is 27.2 Å². The predicted molar refractivity (Wildman–Crippen MR) is 117 cm³/mol. The molecule has 1 unspecified atom stereocenters. The van der Waals surface area contributed by atoms with Gasteiger partial charge < -0.3 is 14.6 Å². The first-order valence-electron chi connectivity index (χ1n) is 10.2. The van der Waals surface area contributed by atoms with Crippen LogP contribution in [0.2, 0.25) is 0 Å². The summed E-state index contributed by atoms with van der Waals surface area (Å²) in [7, 11) is 0. The fourth-order valence-electron chi connectivity index (χ4n) is 3.11. The maximum absolute atomic E-state index is 12.9. The lowest BCUT2D eigenvalue weighted by Crippen LogP contribution is -2.17. The molecule has 0 radical (unpaired) electrons. The number of carbonyl (C=O) groups is 1. The second-order valence-electron chi connectivity index (χ2n) is 7.22. The van der Waals surface area contributed by atoms with Crippen LogP contribution < -0.4 is 5.63 Å². The molecule has 1 atom stereocenters. The van der Waals surface area contributed by atoms with Gasteiger partial charge >= 0.3 is 5.63 Å². The Morgan fingerprint density at radius 1 is 1.28 bits per heavy atom. The van der Waals surface area contributed by atoms with Crippen LogP contribution in [0.1, 0.15) is 84.7 Å². The highest BCUT2D eigenvalue weighted by molar-refractivity contribution is 7.12. The Labute approximate surface area is 175 Å². The fourth-order valence-corrected chi connectivity index (χ4v) is 4.13. The molecule has 0 bridgehead atoms. The van der Waals surface area contributed by atoms with Crippen LogP contribution >= 0.6 is 11.3 Å². The quantitative estimate of drug-likeness (QED) is 0.382. The largest absolute Gasteiger partial charge is 0.507 e. The van der Waals surface area contributed by atoms with Crippen LogP contribution in [0.5, 0.6) is 5.75 Å². The smallest absolute Gasteiger partial charge is 0.351 e. The van der Waals surface area contributed by atoms with E-state index in [-0.39, 0.29) is 23.8 Å². The summed E-state index contributed by atoms with van der Waals surface area (Å²) in [5, 5.41) is 19.3. The third-order valence-corrected chi connectivity index (χ3v) is 6.00. The lowest BCUT2D eigenvalue weighted by Gasteiger charge is -2.11. The number of allylic oxidation sites excluding steroid dienone is 1. The minimum absolute atomic E-state index is 0.0463. The van der Waals surface area contributed by atoms with Crippen molar-refractivity contribution in [3.05, 3.63) is 55.3 Å². The zero-order valence-corrected chi connectivity index (χ0v) is 18.2. The first-order chi connectivity index (χ1) is 13.9. The lowest BCUT2D eigenvalue weighted by molar-refractivity contribution is 0.102. The summed E-state index contributed by atoms with van der Waals surface area (Å²) in [5.74, 6) is -0.680. The zero-order chi connectivity index (χ0) is 21.4. The van der Waals surface area contributed by atoms with Crippen molar-refractivity contribution in [1.82, 2.24) is 0 Å². The van der Waals surface area contributed by atoms with E-state index in [4.69, 9.17) is 9.52 Å². The van der Waals surface area contributed by atoms with E-state index in [0.29, 0.717) is 30.6 Å². The third-order valence-electron chi connectivity index (χ3n) is 4.91. The number of hydrogen-bond acceptors (Lipinski definition) is 6. The molecule has 2 N–H and O–H groups in total. The second kappa shape index (κ2) is 11.1. The highest BCUT2D eigenvalue weighted by Gasteiger charge is 2.23. The first-order valence-corrected chi connectivity index (χ1v) is 11.0. The Morgan fingerprint density at radius 2 is 2.03 bits per heavy atom. The molecule has 0 spiro atoms. The molecule has 2 aromatic heterocycles. The van der Waals surface area contributed by atoms with E-state index >= 15 is 0 Å². The number of aliphatic hydroxyl groups excluding tert-OH is 1. The molecule has 0 saturated heterocycles. The number of thiophene rings is 1. The number of ketones is 1. The molecule has 158 valence electrons. The van der Waals surface area contributed by atoms with Gasteiger partial charge in [0.25, 0.3) is 0 Å². The summed E-state index contributed by atoms with van der Waals surface area (Å²) in [6.07, 6.45) is 6.69. The Kier molecular flexibility index (Phi) is 8.86. The van der Waals surface area contributed by atoms with Crippen LogP contribution in [0.25, 0.3) is 6.08 Å². The van der Waals surface area contributed by atoms with Gasteiger partial charge in [0.05, 0.1) is 0 Å². The van der Waals surface area contributed by atoms with E-state index in [1.54, 1.807) is 17.4 Å². The first kappa shape index (κ1) is 23.1. The zero-order valence-electron chi connectivity index (χ0n) is 17.4. The van der Waals surface area contributed by atoms with Gasteiger partial charge in [-0.25, -0.2) is 4.79 Å². The monoisotopic (exact) mass is 418 g/mol. The number of Topliss-reactive ketones (excluding diaryl/α,β-unsaturated/α-hetero) is 1. The van der Waals surface area contributed by atoms with Crippen molar-refractivity contribution in [3.8, 4) is 5.75 Å². The Morgan fingerprint density at radius 3 is 2.66 bits per heavy atom. The van der Waals surface area contributed by atoms with Crippen LogP contribution in [0.15, 0.2) is 33.0 Å². The third kappa shape index (κ3) is 6.15. The number of carbonyl (C=O) groups excluding carboxylic acids is 1. The van der Waals surface area contributed by atoms with E-state index in [1.807, 2.05) is 19.9 Å². The van der Waals surface area contributed by atoms with Crippen LogP contribution in [0.4, 0.5) is 0 Å². The van der Waals surface area contributed by atoms with Crippen LogP contribution in [0.3, 0.4) is 0 Å². The van der Waals surface area contributed by atoms with Gasteiger partial charge in [-0.05, 0) is 50.3 Å². The standard InChI is InChI=1S/C23H30O5S/c1-4-6-9-17-10-11-18(29-17)13-16(5-2)22(26)21-19(25)14-20(28-23(21)27)15(3)8-7-12-24/h10-11,13-15,24-25H,4-9,12H2,1-3H3. The lowest BCUT2D eigenvalue weighted by atomic mass is 9.98. The minimum Gasteiger partial charge on any atom is -0.507 e. The van der Waals surface area contributed by atoms with Crippen molar-refractivity contribution >= 4 is 23.2 Å². The van der Waals surface area contributed by atoms with Crippen molar-refractivity contribution in [3.63, 3.8) is 0 Å². The molecule has 0 aliphatic heterocycles. The topological polar surface area (TPSA) is 87.7 Å². The Balaban J connectivity index is 2.29. The van der Waals surface area contributed by atoms with E-state index in [1.165, 1.54) is 10.9 Å². The molecule has 2 rings (SSSR count). The molecule has 0 amide bonds. The summed E-state index contributed by atoms with van der Waals surface area (Å²) < 4.78 is 5.32. The number of rotatable bonds is 11. The maximum atomic E-state index is 12.9. The summed E-state index contributed by atoms with van der Waals surface area (Å²) in [6, 6.07) is 5.39. The normalized spacial score (nSPS) is 12.9. The molecular weight excluding hydrogens is 388 g/mol. The summed E-state index contributed by atoms with van der Waals surface area (Å²) in [5.41, 5.74) is -0.688. The van der Waals surface area contributed by atoms with E-state index in [9.17, 15) is 14.7 Å². The molecule has 29 heavy (non-hydrogen) atoms. The van der Waals surface area contributed by atoms with E-state index < -0.39 is 11.4 Å². The average Bonchev–Trinajstić information content (AvgIpc) is 3.15. The summed E-state index contributed by atoms with van der Waals surface area (Å²) >= 11 is 1.64. The highest BCUT2D eigenvalue weighted by Crippen LogP contribution is 2.28. The van der Waals surface area contributed by atoms with Gasteiger partial charge in [0.1, 0.15) is 17.1 Å². The number of hydrogen-bond donors (Lipinski definition) is 2. The number of aryl methyl sites for hydroxylation is 1. The molecule has 6 heteroatoms. The SMILES string of the molecule is CCCCc1ccc(C=C(CC)C(=O)c2c(O)cc(C(C)CCCO)oc2=O)s1. The second-order valence-corrected chi connectivity index (χ2v) is 8.42. The molecule has 5 nitrogen and oxygen atoms in total. The molecule has 2 heterocycles. The molecule has 0 aliphatic carbocycles. The van der Waals surface area contributed by atoms with Crippen molar-refractivity contribution in [2.45, 2.75) is 65.2 Å². The van der Waals surface area contributed by atoms with Gasteiger partial charge in [-0.2, -0.15) is 0 Å². The van der Waals surface area contributed by atoms with Crippen molar-refractivity contribution in [1.29, 1.82) is 0 Å². The van der Waals surface area contributed by atoms with E-state index in [2.05, 4.69) is 13.0 Å². The Hall–Kier alpha value is -2.18. The fraction of sp³-hybridized carbons (Fsp3) is 0.478. The van der Waals surface area contributed by atoms with Crippen LogP contribution in [-0.2, 0) is 6.42 Å². The predicted octanol–water partition coefficient (Wildman–Crippen LogP) is 5.30. The molecule has 0 aliphatic rings. The number of unbranched alkanes of at least 4 members (excludes halogenated alkanes) is 1. The summed E-state index contributed by atoms with van der Waals surface area (Å²) in [6.45, 7) is 5.89. The minimum atomic E-state index is -0.824. The van der Waals surface area contributed by atoms with Gasteiger partial charge in [-0.3, -0.25) is 4.79 Å². The van der Waals surface area contributed by atoms with Crippen molar-refractivity contribution in [2.24, 2.45) is 0 Å². The molecular formula is C23H30O5S. The van der Waals surface area contributed by atoms with Gasteiger partial charge in [0.15, 0.2) is 5.78 Å². The summed E-state index contributed by atoms with van der Waals surface area (Å²) in [4.78, 5) is 27.6. The van der Waals surface area contributed by atoms with Crippen LogP contribution in [0, 0.1) is 0 Å². The molecule has 2 aromatic rings. The Bertz CT molecular complexity index is 906. The highest BCUT2D eigenvalue weighted by atomic mass is 32.1. The number of aromatic hydroxyl groups is 1. The van der Waals surface area contributed by atoms with Crippen molar-refractivity contribution in [2.75, 3.05) is 6.61 Å².